The molecule has 0 amide bonds. The van der Waals surface area contributed by atoms with Gasteiger partial charge in [-0.25, -0.2) is 0 Å². The van der Waals surface area contributed by atoms with Gasteiger partial charge in [-0.3, -0.25) is 0 Å². The average Bonchev–Trinajstić information content (AvgIpc) is 0. The molecule has 0 bridgehead atoms. The van der Waals surface area contributed by atoms with Crippen LogP contribution in [0, 0.1) is 0 Å². The standard InChI is InChI=1S/Ag.Cu.Si.Sn. The zero-order valence-electron chi connectivity index (χ0n) is 1.60. The summed E-state index contributed by atoms with van der Waals surface area (Å²) in [5.41, 5.74) is 0. The Bertz CT molecular complexity index is 8.00. The van der Waals surface area contributed by atoms with Crippen LogP contribution < -0.4 is 0 Å². The molecule has 0 fully saturated rings. The molecule has 0 unspecified atom stereocenters. The van der Waals surface area contributed by atoms with Crippen molar-refractivity contribution in [2.45, 2.75) is 0 Å². The van der Waals surface area contributed by atoms with Gasteiger partial charge < -0.3 is 0 Å². The summed E-state index contributed by atoms with van der Waals surface area (Å²) in [6.45, 7) is 0. The van der Waals surface area contributed by atoms with Crippen molar-refractivity contribution >= 4 is 34.9 Å². The van der Waals surface area contributed by atoms with Crippen LogP contribution in [0.5, 0.6) is 0 Å². The molecule has 0 aromatic rings. The molecule has 0 N–H and O–H groups in total. The summed E-state index contributed by atoms with van der Waals surface area (Å²) in [6.07, 6.45) is 0. The van der Waals surface area contributed by atoms with Gasteiger partial charge in [-0.15, -0.1) is 0 Å². The zero-order chi connectivity index (χ0) is 0. The Morgan fingerprint density at radius 3 is 1.00 bits per heavy atom. The molecule has 0 heterocycles. The summed E-state index contributed by atoms with van der Waals surface area (Å²) in [5, 5.41) is 0. The SMILES string of the molecule is [Ag].[Cu].[Si].[Sn]. The average molecular weight is 318 g/mol. The van der Waals surface area contributed by atoms with E-state index in [0.29, 0.717) is 0 Å². The molecule has 0 aliphatic heterocycles. The van der Waals surface area contributed by atoms with Crippen LogP contribution in [0.25, 0.3) is 0 Å². The number of hydrogen-bond donors (Lipinski definition) is 0. The third kappa shape index (κ3) is 8.86. The summed E-state index contributed by atoms with van der Waals surface area (Å²) in [7, 11) is 0. The molecule has 0 aliphatic carbocycles. The third-order valence-electron chi connectivity index (χ3n) is 0. The second kappa shape index (κ2) is 18.6. The van der Waals surface area contributed by atoms with Crippen molar-refractivity contribution < 1.29 is 39.4 Å². The van der Waals surface area contributed by atoms with E-state index in [1.807, 2.05) is 0 Å². The largest absolute Gasteiger partial charge is 0 e. The Hall–Kier alpha value is 2.28. The molecule has 0 saturated heterocycles. The summed E-state index contributed by atoms with van der Waals surface area (Å²) in [4.78, 5) is 0. The first-order valence-electron chi connectivity index (χ1n) is 0. The minimum atomic E-state index is 0. The van der Waals surface area contributed by atoms with Crippen molar-refractivity contribution in [1.82, 2.24) is 0 Å². The molecular formula is AgCuSiSn. The molecule has 0 saturated carbocycles. The number of rotatable bonds is 0. The smallest absolute Gasteiger partial charge is 0 e. The van der Waals surface area contributed by atoms with Crippen molar-refractivity contribution in [2.75, 3.05) is 0 Å². The first-order chi connectivity index (χ1) is 0. The Labute approximate surface area is 73.4 Å². The van der Waals surface area contributed by atoms with E-state index in [2.05, 4.69) is 0 Å². The van der Waals surface area contributed by atoms with Crippen LogP contribution in [0.4, 0.5) is 0 Å². The van der Waals surface area contributed by atoms with Gasteiger partial charge in [0, 0.05) is 74.3 Å². The van der Waals surface area contributed by atoms with Crippen molar-refractivity contribution in [3.8, 4) is 0 Å². The van der Waals surface area contributed by atoms with Gasteiger partial charge in [0.2, 0.25) is 0 Å². The van der Waals surface area contributed by atoms with E-state index < -0.39 is 0 Å². The summed E-state index contributed by atoms with van der Waals surface area (Å²) in [6, 6.07) is 0. The van der Waals surface area contributed by atoms with Gasteiger partial charge in [-0.1, -0.05) is 0 Å². The normalized spacial score (nSPS) is 0. The van der Waals surface area contributed by atoms with Crippen molar-refractivity contribution in [3.63, 3.8) is 0 Å². The minimum Gasteiger partial charge on any atom is 0 e. The molecule has 0 spiro atoms. The Kier molecular flexibility index (Phi) is 157. The fourth-order valence-corrected chi connectivity index (χ4v) is 0. The molecule has 10 radical (unpaired) electrons. The quantitative estimate of drug-likeness (QED) is 0.515. The maximum absolute atomic E-state index is 0. The predicted octanol–water partition coefficient (Wildman–Crippen LogP) is -0.767. The zero-order valence-corrected chi connectivity index (χ0v) is 7.88. The molecule has 4 heavy (non-hydrogen) atoms. The maximum atomic E-state index is 0. The predicted molar refractivity (Wildman–Crippen MR) is 11.5 cm³/mol. The third-order valence-corrected chi connectivity index (χ3v) is 0. The Morgan fingerprint density at radius 2 is 1.00 bits per heavy atom. The first kappa shape index (κ1) is 33.7. The molecule has 4 heteroatoms. The summed E-state index contributed by atoms with van der Waals surface area (Å²) >= 11 is 0. The van der Waals surface area contributed by atoms with E-state index in [9.17, 15) is 0 Å². The number of hydrogen-bond acceptors (Lipinski definition) is 0. The maximum Gasteiger partial charge on any atom is 0 e. The van der Waals surface area contributed by atoms with E-state index in [4.69, 9.17) is 0 Å². The van der Waals surface area contributed by atoms with Crippen LogP contribution in [0.15, 0.2) is 0 Å². The second-order valence-electron chi connectivity index (χ2n) is 0. The van der Waals surface area contributed by atoms with Crippen molar-refractivity contribution in [3.05, 3.63) is 0 Å². The molecule has 0 nitrogen and oxygen atoms in total. The fraction of sp³-hybridized carbons (Fsp3) is 0. The molecule has 30 valence electrons. The monoisotopic (exact) mass is 318 g/mol. The van der Waals surface area contributed by atoms with Gasteiger partial charge in [-0.05, 0) is 0 Å². The van der Waals surface area contributed by atoms with E-state index in [1.165, 1.54) is 0 Å². The first-order valence-corrected chi connectivity index (χ1v) is 0. The van der Waals surface area contributed by atoms with Gasteiger partial charge in [0.1, 0.15) is 0 Å². The van der Waals surface area contributed by atoms with Crippen molar-refractivity contribution in [2.24, 2.45) is 0 Å². The van der Waals surface area contributed by atoms with E-state index in [1.54, 1.807) is 0 Å². The van der Waals surface area contributed by atoms with Crippen LogP contribution >= 0.6 is 0 Å². The van der Waals surface area contributed by atoms with E-state index >= 15 is 0 Å². The Morgan fingerprint density at radius 1 is 1.00 bits per heavy atom. The molecular weight excluding hydrogens is 318 g/mol. The molecule has 0 aromatic heterocycles. The van der Waals surface area contributed by atoms with Crippen molar-refractivity contribution in [1.29, 1.82) is 0 Å². The minimum absolute atomic E-state index is 0. The molecule has 0 aliphatic rings. The van der Waals surface area contributed by atoms with Gasteiger partial charge in [0.25, 0.3) is 0 Å². The van der Waals surface area contributed by atoms with Gasteiger partial charge in [0.15, 0.2) is 0 Å². The van der Waals surface area contributed by atoms with Gasteiger partial charge in [0.05, 0.1) is 0 Å². The van der Waals surface area contributed by atoms with Gasteiger partial charge in [-0.2, -0.15) is 0 Å². The van der Waals surface area contributed by atoms with Crippen LogP contribution in [-0.4, -0.2) is 34.9 Å². The molecule has 0 atom stereocenters. The van der Waals surface area contributed by atoms with E-state index in [0.717, 1.165) is 0 Å². The molecule has 0 aromatic carbocycles. The van der Waals surface area contributed by atoms with Gasteiger partial charge >= 0.3 is 0 Å². The van der Waals surface area contributed by atoms with Crippen LogP contribution in [0.2, 0.25) is 0 Å². The van der Waals surface area contributed by atoms with Crippen LogP contribution in [0.3, 0.4) is 0 Å². The molecule has 0 rings (SSSR count). The van der Waals surface area contributed by atoms with E-state index in [-0.39, 0.29) is 74.3 Å². The summed E-state index contributed by atoms with van der Waals surface area (Å²) < 4.78 is 0. The Balaban J connectivity index is 0. The van der Waals surface area contributed by atoms with Crippen LogP contribution in [0.1, 0.15) is 0 Å². The fourth-order valence-electron chi connectivity index (χ4n) is 0. The summed E-state index contributed by atoms with van der Waals surface area (Å²) in [5.74, 6) is 0. The topological polar surface area (TPSA) is 0 Å². The second-order valence-corrected chi connectivity index (χ2v) is 0. The van der Waals surface area contributed by atoms with Crippen LogP contribution in [-0.2, 0) is 39.4 Å².